The van der Waals surface area contributed by atoms with Crippen molar-refractivity contribution in [1.82, 2.24) is 25.2 Å². The summed E-state index contributed by atoms with van der Waals surface area (Å²) in [5.74, 6) is -0.289. The first-order valence-electron chi connectivity index (χ1n) is 11.1. The van der Waals surface area contributed by atoms with E-state index in [0.717, 1.165) is 6.20 Å². The number of benzene rings is 1. The highest BCUT2D eigenvalue weighted by atomic mass is 35.5. The molecule has 1 atom stereocenters. The van der Waals surface area contributed by atoms with Gasteiger partial charge in [-0.3, -0.25) is 9.78 Å². The molecule has 0 saturated carbocycles. The number of nitrogens with zero attached hydrogens (tertiary/aromatic N) is 7. The minimum absolute atomic E-state index is 0.0844. The molecule has 0 spiro atoms. The number of carbonyl (C=O) groups is 1. The van der Waals surface area contributed by atoms with Crippen LogP contribution in [0.1, 0.15) is 16.1 Å². The van der Waals surface area contributed by atoms with Crippen LogP contribution in [0.15, 0.2) is 77.2 Å². The molecule has 1 unspecified atom stereocenters. The highest BCUT2D eigenvalue weighted by molar-refractivity contribution is 6.33. The molecule has 3 aromatic heterocycles. The van der Waals surface area contributed by atoms with Gasteiger partial charge in [0.2, 0.25) is 0 Å². The molecular formula is C24H15ClF3N9O. The summed E-state index contributed by atoms with van der Waals surface area (Å²) in [5.41, 5.74) is 1.86. The van der Waals surface area contributed by atoms with Crippen LogP contribution in [0.2, 0.25) is 5.02 Å². The van der Waals surface area contributed by atoms with Gasteiger partial charge in [0.1, 0.15) is 6.04 Å². The summed E-state index contributed by atoms with van der Waals surface area (Å²) in [6.45, 7) is 0. The number of alkyl halides is 3. The lowest BCUT2D eigenvalue weighted by atomic mass is 10.1. The molecule has 38 heavy (non-hydrogen) atoms. The summed E-state index contributed by atoms with van der Waals surface area (Å²) in [7, 11) is 0. The fourth-order valence-corrected chi connectivity index (χ4v) is 4.35. The summed E-state index contributed by atoms with van der Waals surface area (Å²) in [6.07, 6.45) is 4.00. The number of hydrogen-bond acceptors (Lipinski definition) is 8. The summed E-state index contributed by atoms with van der Waals surface area (Å²) in [4.78, 5) is 25.5. The van der Waals surface area contributed by atoms with Crippen molar-refractivity contribution in [2.45, 2.75) is 12.2 Å². The van der Waals surface area contributed by atoms with Crippen LogP contribution in [0.4, 0.5) is 24.7 Å². The maximum absolute atomic E-state index is 14.2. The summed E-state index contributed by atoms with van der Waals surface area (Å²) >= 11 is 6.36. The molecule has 4 aromatic rings. The number of carbonyl (C=O) groups excluding carboxylic acids is 1. The molecule has 2 aliphatic rings. The highest BCUT2D eigenvalue weighted by Gasteiger charge is 2.41. The number of allylic oxidation sites excluding steroid dienone is 1. The van der Waals surface area contributed by atoms with Crippen LogP contribution in [0.5, 0.6) is 0 Å². The van der Waals surface area contributed by atoms with Gasteiger partial charge in [-0.2, -0.15) is 28.8 Å². The van der Waals surface area contributed by atoms with Gasteiger partial charge in [-0.1, -0.05) is 23.7 Å². The van der Waals surface area contributed by atoms with Gasteiger partial charge < -0.3 is 5.32 Å². The van der Waals surface area contributed by atoms with E-state index in [1.54, 1.807) is 36.6 Å². The van der Waals surface area contributed by atoms with Gasteiger partial charge in [0.15, 0.2) is 17.3 Å². The minimum atomic E-state index is -4.89. The third-order valence-corrected chi connectivity index (χ3v) is 6.03. The average molecular weight is 538 g/mol. The number of pyridine rings is 2. The van der Waals surface area contributed by atoms with E-state index in [1.807, 2.05) is 6.08 Å². The molecule has 0 aliphatic carbocycles. The molecule has 0 fully saturated rings. The number of hydrogen-bond donors (Lipinski definition) is 2. The zero-order valence-corrected chi connectivity index (χ0v) is 19.8. The fourth-order valence-electron chi connectivity index (χ4n) is 4.10. The van der Waals surface area contributed by atoms with Crippen LogP contribution in [0.25, 0.3) is 16.6 Å². The van der Waals surface area contributed by atoms with Gasteiger partial charge in [0, 0.05) is 17.8 Å². The topological polar surface area (TPSA) is 113 Å². The lowest BCUT2D eigenvalue weighted by Crippen LogP contribution is -2.37. The maximum atomic E-state index is 14.2. The van der Waals surface area contributed by atoms with Gasteiger partial charge in [0.05, 0.1) is 39.9 Å². The number of fused-ring (bicyclic) bond motifs is 2. The normalized spacial score (nSPS) is 16.6. The largest absolute Gasteiger partial charge is 0.434 e. The first-order valence-corrected chi connectivity index (χ1v) is 11.5. The monoisotopic (exact) mass is 537 g/mol. The molecule has 0 saturated heterocycles. The quantitative estimate of drug-likeness (QED) is 0.399. The number of amidine groups is 1. The van der Waals surface area contributed by atoms with Crippen molar-refractivity contribution in [3.05, 3.63) is 83.4 Å². The van der Waals surface area contributed by atoms with E-state index in [-0.39, 0.29) is 28.3 Å². The second-order valence-electron chi connectivity index (χ2n) is 8.19. The Hall–Kier alpha value is -4.62. The van der Waals surface area contributed by atoms with Crippen LogP contribution in [-0.2, 0) is 6.18 Å². The number of amides is 1. The first kappa shape index (κ1) is 23.8. The second kappa shape index (κ2) is 9.04. The predicted molar refractivity (Wildman–Crippen MR) is 136 cm³/mol. The lowest BCUT2D eigenvalue weighted by Gasteiger charge is -2.17. The van der Waals surface area contributed by atoms with Crippen LogP contribution < -0.4 is 15.9 Å². The Kier molecular flexibility index (Phi) is 5.65. The highest BCUT2D eigenvalue weighted by Crippen LogP contribution is 2.36. The molecule has 10 nitrogen and oxygen atoms in total. The number of hydrazine groups is 1. The van der Waals surface area contributed by atoms with Crippen molar-refractivity contribution in [3.8, 4) is 5.69 Å². The molecule has 5 heterocycles. The number of rotatable bonds is 4. The molecule has 2 aliphatic heterocycles. The molecule has 1 aromatic carbocycles. The van der Waals surface area contributed by atoms with E-state index < -0.39 is 23.3 Å². The fraction of sp³-hybridized carbons (Fsp3) is 0.0833. The molecule has 0 bridgehead atoms. The SMILES string of the molecule is O=C(Nc1cnc(N2N=C3N=CC=CC3N2)c(Cl)c1)c1cnn(-c2cccc3ncccc23)c1C(F)(F)F. The van der Waals surface area contributed by atoms with E-state index in [1.165, 1.54) is 29.6 Å². The number of aromatic nitrogens is 4. The van der Waals surface area contributed by atoms with Crippen LogP contribution in [0.3, 0.4) is 0 Å². The van der Waals surface area contributed by atoms with E-state index in [0.29, 0.717) is 21.4 Å². The van der Waals surface area contributed by atoms with Gasteiger partial charge in [-0.25, -0.2) is 14.7 Å². The third kappa shape index (κ3) is 4.17. The maximum Gasteiger partial charge on any atom is 0.434 e. The van der Waals surface area contributed by atoms with E-state index in [2.05, 4.69) is 35.9 Å². The van der Waals surface area contributed by atoms with Crippen molar-refractivity contribution in [2.75, 3.05) is 10.4 Å². The van der Waals surface area contributed by atoms with Crippen molar-refractivity contribution in [3.63, 3.8) is 0 Å². The Morgan fingerprint density at radius 1 is 1.13 bits per heavy atom. The Balaban J connectivity index is 1.30. The van der Waals surface area contributed by atoms with Gasteiger partial charge in [-0.05, 0) is 36.4 Å². The number of nitrogens with one attached hydrogen (secondary N) is 2. The lowest BCUT2D eigenvalue weighted by molar-refractivity contribution is -0.143. The molecule has 0 radical (unpaired) electrons. The molecule has 1 amide bonds. The molecule has 14 heteroatoms. The Morgan fingerprint density at radius 3 is 2.79 bits per heavy atom. The number of aliphatic imine (C=N–C) groups is 1. The number of hydrazone groups is 1. The molecular weight excluding hydrogens is 523 g/mol. The van der Waals surface area contributed by atoms with Gasteiger partial charge in [0.25, 0.3) is 5.91 Å². The van der Waals surface area contributed by atoms with Crippen LogP contribution in [0, 0.1) is 0 Å². The Labute approximate surface area is 217 Å². The van der Waals surface area contributed by atoms with Crippen molar-refractivity contribution in [2.24, 2.45) is 10.1 Å². The van der Waals surface area contributed by atoms with Crippen molar-refractivity contribution < 1.29 is 18.0 Å². The van der Waals surface area contributed by atoms with Gasteiger partial charge >= 0.3 is 6.18 Å². The zero-order chi connectivity index (χ0) is 26.4. The smallest absolute Gasteiger partial charge is 0.320 e. The standard InChI is InChI=1S/C24H15ClF3N9O/c25-16-10-13(11-31-22(16)37-34-18-6-3-9-30-21(18)35-37)33-23(38)15-12-32-36(20(15)24(26,27)28)19-7-1-5-17-14(19)4-2-8-29-17/h1-12,18,34H,(H,33,38). The average Bonchev–Trinajstić information content (AvgIpc) is 3.53. The molecule has 190 valence electrons. The summed E-state index contributed by atoms with van der Waals surface area (Å²) in [6, 6.07) is 9.07. The minimum Gasteiger partial charge on any atom is -0.320 e. The van der Waals surface area contributed by atoms with E-state index in [9.17, 15) is 18.0 Å². The summed E-state index contributed by atoms with van der Waals surface area (Å²) in [5, 5.41) is 12.5. The first-order chi connectivity index (χ1) is 18.3. The zero-order valence-electron chi connectivity index (χ0n) is 19.1. The number of dihydropyridines is 1. The number of anilines is 2. The molecule has 2 N–H and O–H groups in total. The number of halogens is 4. The Bertz CT molecular complexity index is 1670. The van der Waals surface area contributed by atoms with Crippen molar-refractivity contribution in [1.29, 1.82) is 0 Å². The van der Waals surface area contributed by atoms with Crippen molar-refractivity contribution >= 4 is 52.0 Å². The second-order valence-corrected chi connectivity index (χ2v) is 8.59. The predicted octanol–water partition coefficient (Wildman–Crippen LogP) is 4.39. The van der Waals surface area contributed by atoms with E-state index >= 15 is 0 Å². The van der Waals surface area contributed by atoms with Gasteiger partial charge in [-0.15, -0.1) is 5.10 Å². The van der Waals surface area contributed by atoms with E-state index in [4.69, 9.17) is 11.6 Å². The molecule has 6 rings (SSSR count). The third-order valence-electron chi connectivity index (χ3n) is 5.75. The summed E-state index contributed by atoms with van der Waals surface area (Å²) < 4.78 is 43.3. The Morgan fingerprint density at radius 2 is 2.00 bits per heavy atom. The van der Waals surface area contributed by atoms with Crippen LogP contribution in [-0.4, -0.2) is 43.7 Å². The van der Waals surface area contributed by atoms with Crippen LogP contribution >= 0.6 is 11.6 Å².